The maximum atomic E-state index is 11.5. The number of carbonyl (C=O) groups is 1. The molecule has 2 rings (SSSR count). The highest BCUT2D eigenvalue weighted by molar-refractivity contribution is 5.96. The van der Waals surface area contributed by atoms with Gasteiger partial charge in [-0.3, -0.25) is 4.79 Å². The van der Waals surface area contributed by atoms with Crippen molar-refractivity contribution in [3.8, 4) is 0 Å². The first kappa shape index (κ1) is 10.5. The van der Waals surface area contributed by atoms with Crippen molar-refractivity contribution in [2.75, 3.05) is 0 Å². The largest absolute Gasteiger partial charge is 0.400 e. The summed E-state index contributed by atoms with van der Waals surface area (Å²) < 4.78 is 4.82. The molecule has 2 aromatic rings. The lowest BCUT2D eigenvalue weighted by Crippen LogP contribution is -2.28. The van der Waals surface area contributed by atoms with Gasteiger partial charge in [-0.05, 0) is 19.1 Å². The number of aromatic nitrogens is 1. The quantitative estimate of drug-likeness (QED) is 0.750. The Balaban J connectivity index is 2.67. The van der Waals surface area contributed by atoms with E-state index < -0.39 is 17.5 Å². The Hall–Kier alpha value is -2.01. The minimum Gasteiger partial charge on any atom is -0.400 e. The molecule has 16 heavy (non-hydrogen) atoms. The summed E-state index contributed by atoms with van der Waals surface area (Å²) in [5.74, 6) is -0.721. The molecule has 82 valence electrons. The minimum atomic E-state index is -0.739. The number of benzene rings is 1. The van der Waals surface area contributed by atoms with E-state index in [2.05, 4.69) is 4.98 Å². The van der Waals surface area contributed by atoms with Gasteiger partial charge >= 0.3 is 5.63 Å². The van der Waals surface area contributed by atoms with E-state index in [-0.39, 0.29) is 5.89 Å². The van der Waals surface area contributed by atoms with E-state index in [1.165, 1.54) is 6.92 Å². The number of fused-ring (bicyclic) bond motifs is 1. The average molecular weight is 218 g/mol. The number of hydrogen-bond donors (Lipinski definition) is 1. The van der Waals surface area contributed by atoms with Crippen molar-refractivity contribution in [2.24, 2.45) is 5.73 Å². The molecule has 0 amide bonds. The van der Waals surface area contributed by atoms with Crippen LogP contribution in [-0.4, -0.2) is 16.8 Å². The molecule has 1 atom stereocenters. The van der Waals surface area contributed by atoms with E-state index in [1.807, 2.05) is 0 Å². The second-order valence-corrected chi connectivity index (χ2v) is 3.48. The Morgan fingerprint density at radius 3 is 2.81 bits per heavy atom. The van der Waals surface area contributed by atoms with Crippen LogP contribution in [0.3, 0.4) is 0 Å². The maximum absolute atomic E-state index is 11.5. The third-order valence-corrected chi connectivity index (χ3v) is 2.16. The first-order valence-electron chi connectivity index (χ1n) is 4.79. The van der Waals surface area contributed by atoms with Crippen LogP contribution in [0.2, 0.25) is 0 Å². The number of rotatable bonds is 2. The van der Waals surface area contributed by atoms with Crippen LogP contribution >= 0.6 is 0 Å². The molecule has 1 aromatic heterocycles. The molecule has 1 heterocycles. The summed E-state index contributed by atoms with van der Waals surface area (Å²) in [5.41, 5.74) is 5.27. The summed E-state index contributed by atoms with van der Waals surface area (Å²) >= 11 is 0. The number of carbonyl (C=O) groups excluding carboxylic acids is 1. The maximum Gasteiger partial charge on any atom is 0.347 e. The molecule has 0 bridgehead atoms. The highest BCUT2D eigenvalue weighted by Gasteiger charge is 2.17. The highest BCUT2D eigenvalue weighted by Crippen LogP contribution is 2.08. The fraction of sp³-hybridized carbons (Fsp3) is 0.182. The number of Topliss-reactive ketones (excluding diaryl/α,β-unsaturated/α-hetero) is 1. The fourth-order valence-electron chi connectivity index (χ4n) is 1.32. The zero-order valence-corrected chi connectivity index (χ0v) is 8.64. The standard InChI is InChI=1S/C11H10N2O3/c1-6(12)9(14)10-13-8-5-3-2-4-7(8)11(15)16-10/h2-6H,12H2,1H3/t6-/m0/s1. The molecule has 0 unspecified atom stereocenters. The smallest absolute Gasteiger partial charge is 0.347 e. The number of hydrogen-bond acceptors (Lipinski definition) is 5. The molecule has 0 saturated carbocycles. The van der Waals surface area contributed by atoms with Gasteiger partial charge in [0, 0.05) is 0 Å². The van der Waals surface area contributed by atoms with Gasteiger partial charge in [0.05, 0.1) is 16.9 Å². The van der Waals surface area contributed by atoms with Gasteiger partial charge in [0.15, 0.2) is 0 Å². The Morgan fingerprint density at radius 1 is 1.44 bits per heavy atom. The number of ketones is 1. The van der Waals surface area contributed by atoms with Gasteiger partial charge in [0.1, 0.15) is 0 Å². The Bertz CT molecular complexity index is 601. The van der Waals surface area contributed by atoms with E-state index in [1.54, 1.807) is 24.3 Å². The molecule has 0 aliphatic rings. The molecule has 0 fully saturated rings. The van der Waals surface area contributed by atoms with Crippen LogP contribution < -0.4 is 11.4 Å². The molecule has 5 heteroatoms. The van der Waals surface area contributed by atoms with E-state index in [0.717, 1.165) is 0 Å². The van der Waals surface area contributed by atoms with Gasteiger partial charge in [0.25, 0.3) is 5.89 Å². The van der Waals surface area contributed by atoms with E-state index in [9.17, 15) is 9.59 Å². The van der Waals surface area contributed by atoms with E-state index in [4.69, 9.17) is 10.2 Å². The van der Waals surface area contributed by atoms with Gasteiger partial charge in [-0.2, -0.15) is 0 Å². The lowest BCUT2D eigenvalue weighted by molar-refractivity contribution is 0.0928. The van der Waals surface area contributed by atoms with Crippen molar-refractivity contribution >= 4 is 16.7 Å². The zero-order chi connectivity index (χ0) is 11.7. The predicted molar refractivity (Wildman–Crippen MR) is 58.3 cm³/mol. The summed E-state index contributed by atoms with van der Waals surface area (Å²) in [5, 5.41) is 0.351. The summed E-state index contributed by atoms with van der Waals surface area (Å²) in [6.45, 7) is 1.51. The third kappa shape index (κ3) is 1.72. The molecule has 0 saturated heterocycles. The van der Waals surface area contributed by atoms with Gasteiger partial charge in [-0.15, -0.1) is 0 Å². The number of para-hydroxylation sites is 1. The minimum absolute atomic E-state index is 0.237. The van der Waals surface area contributed by atoms with Crippen molar-refractivity contribution in [2.45, 2.75) is 13.0 Å². The molecule has 0 spiro atoms. The van der Waals surface area contributed by atoms with Crippen molar-refractivity contribution < 1.29 is 9.21 Å². The van der Waals surface area contributed by atoms with Crippen LogP contribution in [-0.2, 0) is 0 Å². The summed E-state index contributed by atoms with van der Waals surface area (Å²) in [6.07, 6.45) is 0. The number of nitrogens with two attached hydrogens (primary N) is 1. The molecule has 0 aliphatic carbocycles. The van der Waals surface area contributed by atoms with E-state index in [0.29, 0.717) is 10.9 Å². The van der Waals surface area contributed by atoms with Gasteiger partial charge < -0.3 is 10.2 Å². The first-order valence-corrected chi connectivity index (χ1v) is 4.79. The first-order chi connectivity index (χ1) is 7.59. The second kappa shape index (κ2) is 3.86. The number of nitrogens with zero attached hydrogens (tertiary/aromatic N) is 1. The van der Waals surface area contributed by atoms with Crippen molar-refractivity contribution in [1.29, 1.82) is 0 Å². The third-order valence-electron chi connectivity index (χ3n) is 2.16. The second-order valence-electron chi connectivity index (χ2n) is 3.48. The van der Waals surface area contributed by atoms with Crippen LogP contribution in [0.25, 0.3) is 10.9 Å². The predicted octanol–water partition coefficient (Wildman–Crippen LogP) is 0.718. The van der Waals surface area contributed by atoms with Crippen molar-refractivity contribution in [3.05, 3.63) is 40.6 Å². The molecule has 0 radical (unpaired) electrons. The summed E-state index contributed by atoms with van der Waals surface area (Å²) in [4.78, 5) is 27.0. The Kier molecular flexibility index (Phi) is 2.54. The average Bonchev–Trinajstić information content (AvgIpc) is 2.28. The van der Waals surface area contributed by atoms with Crippen LogP contribution in [0.15, 0.2) is 33.5 Å². The highest BCUT2D eigenvalue weighted by atomic mass is 16.4. The van der Waals surface area contributed by atoms with Crippen molar-refractivity contribution in [1.82, 2.24) is 4.98 Å². The van der Waals surface area contributed by atoms with Gasteiger partial charge in [-0.25, -0.2) is 9.78 Å². The van der Waals surface area contributed by atoms with Crippen LogP contribution in [0.5, 0.6) is 0 Å². The van der Waals surface area contributed by atoms with E-state index >= 15 is 0 Å². The lowest BCUT2D eigenvalue weighted by atomic mass is 10.2. The lowest BCUT2D eigenvalue weighted by Gasteiger charge is -2.02. The molecule has 0 aliphatic heterocycles. The van der Waals surface area contributed by atoms with Gasteiger partial charge in [0.2, 0.25) is 5.78 Å². The topological polar surface area (TPSA) is 86.2 Å². The van der Waals surface area contributed by atoms with Crippen molar-refractivity contribution in [3.63, 3.8) is 0 Å². The molecule has 1 aromatic carbocycles. The Morgan fingerprint density at radius 2 is 2.12 bits per heavy atom. The fourth-order valence-corrected chi connectivity index (χ4v) is 1.32. The normalized spacial score (nSPS) is 12.6. The van der Waals surface area contributed by atoms with Crippen LogP contribution in [0, 0.1) is 0 Å². The molecule has 5 nitrogen and oxygen atoms in total. The molecular weight excluding hydrogens is 208 g/mol. The van der Waals surface area contributed by atoms with Crippen LogP contribution in [0.1, 0.15) is 17.6 Å². The zero-order valence-electron chi connectivity index (χ0n) is 8.64. The SMILES string of the molecule is C[C@H](N)C(=O)c1nc2ccccc2c(=O)o1. The molecular formula is C11H10N2O3. The monoisotopic (exact) mass is 218 g/mol. The summed E-state index contributed by atoms with van der Waals surface area (Å²) in [7, 11) is 0. The summed E-state index contributed by atoms with van der Waals surface area (Å²) in [6, 6.07) is 5.93. The van der Waals surface area contributed by atoms with Crippen LogP contribution in [0.4, 0.5) is 0 Å². The van der Waals surface area contributed by atoms with Gasteiger partial charge in [-0.1, -0.05) is 12.1 Å². The Labute approximate surface area is 90.9 Å². The molecule has 2 N–H and O–H groups in total.